The first-order chi connectivity index (χ1) is 7.15. The Hall–Kier alpha value is -1.16. The first kappa shape index (κ1) is 13.8. The molecule has 0 saturated heterocycles. The van der Waals surface area contributed by atoms with Crippen LogP contribution in [0.2, 0.25) is 0 Å². The van der Waals surface area contributed by atoms with Gasteiger partial charge in [-0.15, -0.1) is 0 Å². The van der Waals surface area contributed by atoms with Gasteiger partial charge in [-0.2, -0.15) is 0 Å². The lowest BCUT2D eigenvalue weighted by molar-refractivity contribution is -0.118. The van der Waals surface area contributed by atoms with Gasteiger partial charge < -0.3 is 10.3 Å². The van der Waals surface area contributed by atoms with Gasteiger partial charge in [0.25, 0.3) is 0 Å². The zero-order valence-corrected chi connectivity index (χ0v) is 10.0. The second kappa shape index (κ2) is 8.17. The zero-order chi connectivity index (χ0) is 11.7. The molecule has 86 valence electrons. The van der Waals surface area contributed by atoms with Crippen LogP contribution in [0.4, 0.5) is 0 Å². The number of carbonyl (C=O) groups is 1. The van der Waals surface area contributed by atoms with Crippen LogP contribution in [0.5, 0.6) is 0 Å². The molecule has 1 heterocycles. The normalized spacial score (nSPS) is 11.5. The van der Waals surface area contributed by atoms with E-state index >= 15 is 0 Å². The van der Waals surface area contributed by atoms with Crippen LogP contribution in [0.25, 0.3) is 0 Å². The Kier molecular flexibility index (Phi) is 7.54. The average Bonchev–Trinajstić information content (AvgIpc) is 2.67. The van der Waals surface area contributed by atoms with E-state index in [1.54, 1.807) is 26.5 Å². The van der Waals surface area contributed by atoms with Crippen LogP contribution in [0.1, 0.15) is 32.9 Å². The van der Waals surface area contributed by atoms with Crippen molar-refractivity contribution in [3.8, 4) is 0 Å². The Morgan fingerprint density at radius 2 is 2.20 bits per heavy atom. The third-order valence-corrected chi connectivity index (χ3v) is 1.82. The number of likely N-dealkylation sites (N-methyl/N-ethyl adjacent to an activating group) is 1. The van der Waals surface area contributed by atoms with Gasteiger partial charge in [0, 0.05) is 18.3 Å². The molecule has 0 spiro atoms. The van der Waals surface area contributed by atoms with E-state index < -0.39 is 0 Å². The predicted octanol–water partition coefficient (Wildman–Crippen LogP) is 1.55. The molecule has 2 N–H and O–H groups in total. The number of nitrogens with one attached hydrogen (secondary N) is 2. The van der Waals surface area contributed by atoms with Gasteiger partial charge in [0.1, 0.15) is 5.78 Å². The zero-order valence-electron chi connectivity index (χ0n) is 10.0. The summed E-state index contributed by atoms with van der Waals surface area (Å²) in [4.78, 5) is 17.8. The minimum absolute atomic E-state index is 0.106. The van der Waals surface area contributed by atoms with E-state index in [2.05, 4.69) is 29.1 Å². The van der Waals surface area contributed by atoms with Gasteiger partial charge in [-0.1, -0.05) is 20.3 Å². The van der Waals surface area contributed by atoms with Crippen molar-refractivity contribution >= 4 is 5.78 Å². The summed E-state index contributed by atoms with van der Waals surface area (Å²) in [6.45, 7) is 5.83. The Morgan fingerprint density at radius 3 is 2.53 bits per heavy atom. The van der Waals surface area contributed by atoms with Crippen molar-refractivity contribution in [1.29, 1.82) is 0 Å². The van der Waals surface area contributed by atoms with Crippen molar-refractivity contribution in [1.82, 2.24) is 15.3 Å². The monoisotopic (exact) mass is 211 g/mol. The van der Waals surface area contributed by atoms with Crippen LogP contribution >= 0.6 is 0 Å². The first-order valence-corrected chi connectivity index (χ1v) is 5.30. The lowest BCUT2D eigenvalue weighted by Gasteiger charge is -2.10. The molecule has 0 aliphatic heterocycles. The molecule has 1 unspecified atom stereocenters. The second-order valence-electron chi connectivity index (χ2n) is 3.44. The summed E-state index contributed by atoms with van der Waals surface area (Å²) in [5, 5.41) is 2.94. The topological polar surface area (TPSA) is 57.8 Å². The van der Waals surface area contributed by atoms with Crippen LogP contribution in [-0.4, -0.2) is 28.8 Å². The molecule has 1 atom stereocenters. The number of H-pyrrole nitrogens is 1. The van der Waals surface area contributed by atoms with Crippen molar-refractivity contribution in [3.63, 3.8) is 0 Å². The molecule has 0 aromatic carbocycles. The van der Waals surface area contributed by atoms with E-state index in [4.69, 9.17) is 0 Å². The maximum atomic E-state index is 11.0. The fourth-order valence-corrected chi connectivity index (χ4v) is 1.07. The summed E-state index contributed by atoms with van der Waals surface area (Å²) in [5.41, 5.74) is 0.976. The van der Waals surface area contributed by atoms with Gasteiger partial charge in [-0.3, -0.25) is 4.79 Å². The summed E-state index contributed by atoms with van der Waals surface area (Å²) in [5.74, 6) is 0.145. The molecule has 0 bridgehead atoms. The number of aromatic amines is 1. The second-order valence-corrected chi connectivity index (χ2v) is 3.44. The Labute approximate surface area is 91.5 Å². The fraction of sp³-hybridized carbons (Fsp3) is 0.636. The minimum Gasteiger partial charge on any atom is -0.348 e. The van der Waals surface area contributed by atoms with Crippen molar-refractivity contribution in [2.75, 3.05) is 7.05 Å². The molecule has 15 heavy (non-hydrogen) atoms. The molecule has 0 amide bonds. The molecule has 0 aliphatic carbocycles. The van der Waals surface area contributed by atoms with E-state index in [0.29, 0.717) is 6.42 Å². The van der Waals surface area contributed by atoms with Crippen LogP contribution in [0, 0.1) is 0 Å². The van der Waals surface area contributed by atoms with Crippen molar-refractivity contribution in [2.24, 2.45) is 0 Å². The van der Waals surface area contributed by atoms with Gasteiger partial charge in [0.05, 0.1) is 12.4 Å². The highest BCUT2D eigenvalue weighted by atomic mass is 16.1. The van der Waals surface area contributed by atoms with E-state index in [-0.39, 0.29) is 11.8 Å². The van der Waals surface area contributed by atoms with Gasteiger partial charge >= 0.3 is 0 Å². The number of Topliss-reactive ketones (excluding diaryl/α,β-unsaturated/α-hetero) is 1. The molecule has 0 aliphatic rings. The number of imidazole rings is 1. The predicted molar refractivity (Wildman–Crippen MR) is 61.8 cm³/mol. The molecule has 1 rings (SSSR count). The Bertz CT molecular complexity index is 257. The van der Waals surface area contributed by atoms with E-state index in [1.165, 1.54) is 6.42 Å². The molecule has 4 nitrogen and oxygen atoms in total. The van der Waals surface area contributed by atoms with Crippen LogP contribution in [0.15, 0.2) is 12.5 Å². The SMILES string of the molecule is CCC.CNC(Cc1cnc[nH]1)C(C)=O. The highest BCUT2D eigenvalue weighted by Crippen LogP contribution is 1.98. The molecular formula is C11H21N3O. The lowest BCUT2D eigenvalue weighted by Crippen LogP contribution is -2.34. The molecule has 4 heteroatoms. The fourth-order valence-electron chi connectivity index (χ4n) is 1.07. The number of aromatic nitrogens is 2. The minimum atomic E-state index is -0.106. The maximum Gasteiger partial charge on any atom is 0.147 e. The summed E-state index contributed by atoms with van der Waals surface area (Å²) < 4.78 is 0. The molecule has 0 fully saturated rings. The lowest BCUT2D eigenvalue weighted by atomic mass is 10.1. The first-order valence-electron chi connectivity index (χ1n) is 5.30. The molecule has 1 aromatic heterocycles. The standard InChI is InChI=1S/C8H13N3O.C3H8/c1-6(12)8(9-2)3-7-4-10-5-11-7;1-3-2/h4-5,8-9H,3H2,1-2H3,(H,10,11);3H2,1-2H3. The van der Waals surface area contributed by atoms with Crippen LogP contribution in [-0.2, 0) is 11.2 Å². The average molecular weight is 211 g/mol. The van der Waals surface area contributed by atoms with Gasteiger partial charge in [-0.25, -0.2) is 4.98 Å². The molecule has 0 radical (unpaired) electrons. The smallest absolute Gasteiger partial charge is 0.147 e. The number of hydrogen-bond acceptors (Lipinski definition) is 3. The summed E-state index contributed by atoms with van der Waals surface area (Å²) in [6.07, 6.45) is 5.27. The maximum absolute atomic E-state index is 11.0. The third kappa shape index (κ3) is 6.01. The number of hydrogen-bond donors (Lipinski definition) is 2. The van der Waals surface area contributed by atoms with Crippen molar-refractivity contribution in [3.05, 3.63) is 18.2 Å². The number of nitrogens with zero attached hydrogens (tertiary/aromatic N) is 1. The number of rotatable bonds is 4. The highest BCUT2D eigenvalue weighted by Gasteiger charge is 2.12. The largest absolute Gasteiger partial charge is 0.348 e. The van der Waals surface area contributed by atoms with Gasteiger partial charge in [-0.05, 0) is 14.0 Å². The summed E-state index contributed by atoms with van der Waals surface area (Å²) in [7, 11) is 1.78. The van der Waals surface area contributed by atoms with Crippen molar-refractivity contribution in [2.45, 2.75) is 39.7 Å². The summed E-state index contributed by atoms with van der Waals surface area (Å²) >= 11 is 0. The third-order valence-electron chi connectivity index (χ3n) is 1.82. The summed E-state index contributed by atoms with van der Waals surface area (Å²) in [6, 6.07) is -0.106. The quantitative estimate of drug-likeness (QED) is 0.794. The number of ketones is 1. The number of carbonyl (C=O) groups excluding carboxylic acids is 1. The Balaban J connectivity index is 0.000000583. The van der Waals surface area contributed by atoms with Gasteiger partial charge in [0.15, 0.2) is 0 Å². The Morgan fingerprint density at radius 1 is 1.60 bits per heavy atom. The molecule has 1 aromatic rings. The van der Waals surface area contributed by atoms with E-state index in [9.17, 15) is 4.79 Å². The van der Waals surface area contributed by atoms with E-state index in [1.807, 2.05) is 0 Å². The van der Waals surface area contributed by atoms with E-state index in [0.717, 1.165) is 5.69 Å². The van der Waals surface area contributed by atoms with Crippen LogP contribution in [0.3, 0.4) is 0 Å². The van der Waals surface area contributed by atoms with Crippen LogP contribution < -0.4 is 5.32 Å². The highest BCUT2D eigenvalue weighted by molar-refractivity contribution is 5.81. The molecule has 0 saturated carbocycles. The molecular weight excluding hydrogens is 190 g/mol. The van der Waals surface area contributed by atoms with Crippen molar-refractivity contribution < 1.29 is 4.79 Å². The van der Waals surface area contributed by atoms with Gasteiger partial charge in [0.2, 0.25) is 0 Å².